The van der Waals surface area contributed by atoms with Crippen LogP contribution in [0.2, 0.25) is 0 Å². The minimum Gasteiger partial charge on any atom is -0.395 e. The number of rotatable bonds is 3. The van der Waals surface area contributed by atoms with Crippen molar-refractivity contribution in [2.75, 3.05) is 11.9 Å². The van der Waals surface area contributed by atoms with Gasteiger partial charge in [-0.1, -0.05) is 29.5 Å². The van der Waals surface area contributed by atoms with Crippen LogP contribution in [0.5, 0.6) is 0 Å². The minimum atomic E-state index is -0.227. The van der Waals surface area contributed by atoms with E-state index in [1.807, 2.05) is 31.2 Å². The smallest absolute Gasteiger partial charge is 0.257 e. The molecule has 0 unspecified atom stereocenters. The predicted molar refractivity (Wildman–Crippen MR) is 82.0 cm³/mol. The van der Waals surface area contributed by atoms with E-state index in [0.29, 0.717) is 17.5 Å². The number of pyridine rings is 1. The molecule has 1 heterocycles. The predicted octanol–water partition coefficient (Wildman–Crippen LogP) is 2.38. The number of hydrogen-bond donors (Lipinski definition) is 2. The molecule has 4 heteroatoms. The van der Waals surface area contributed by atoms with E-state index in [4.69, 9.17) is 5.11 Å². The third kappa shape index (κ3) is 4.16. The molecule has 0 fully saturated rings. The lowest BCUT2D eigenvalue weighted by molar-refractivity contribution is 0.102. The van der Waals surface area contributed by atoms with Gasteiger partial charge in [0.25, 0.3) is 5.91 Å². The Kier molecular flexibility index (Phi) is 5.08. The van der Waals surface area contributed by atoms with E-state index in [-0.39, 0.29) is 12.5 Å². The Morgan fingerprint density at radius 1 is 1.29 bits per heavy atom. The number of aliphatic hydroxyl groups excluding tert-OH is 1. The van der Waals surface area contributed by atoms with Crippen molar-refractivity contribution < 1.29 is 9.90 Å². The van der Waals surface area contributed by atoms with Crippen LogP contribution in [-0.4, -0.2) is 22.6 Å². The number of amides is 1. The van der Waals surface area contributed by atoms with Crippen molar-refractivity contribution in [2.45, 2.75) is 13.3 Å². The lowest BCUT2D eigenvalue weighted by Crippen LogP contribution is -2.13. The molecule has 0 saturated heterocycles. The van der Waals surface area contributed by atoms with E-state index < -0.39 is 0 Å². The zero-order valence-electron chi connectivity index (χ0n) is 11.8. The van der Waals surface area contributed by atoms with Gasteiger partial charge >= 0.3 is 0 Å². The van der Waals surface area contributed by atoms with Crippen LogP contribution in [0.4, 0.5) is 5.69 Å². The topological polar surface area (TPSA) is 62.2 Å². The van der Waals surface area contributed by atoms with Gasteiger partial charge in [-0.2, -0.15) is 0 Å². The fraction of sp³-hybridized carbons (Fsp3) is 0.176. The Bertz CT molecular complexity index is 682. The fourth-order valence-corrected chi connectivity index (χ4v) is 1.74. The Morgan fingerprint density at radius 3 is 2.76 bits per heavy atom. The molecule has 0 saturated carbocycles. The van der Waals surface area contributed by atoms with E-state index in [9.17, 15) is 4.79 Å². The Hall–Kier alpha value is -2.64. The SMILES string of the molecule is Cc1ccc(NC(=O)c2ccncc2C#CCCO)cc1. The number of anilines is 1. The number of aromatic nitrogens is 1. The third-order valence-electron chi connectivity index (χ3n) is 2.83. The molecule has 1 amide bonds. The molecule has 2 N–H and O–H groups in total. The van der Waals surface area contributed by atoms with Crippen LogP contribution in [0, 0.1) is 18.8 Å². The molecule has 2 aromatic rings. The van der Waals surface area contributed by atoms with E-state index in [1.165, 1.54) is 0 Å². The number of aliphatic hydroxyl groups is 1. The average Bonchev–Trinajstić information content (AvgIpc) is 2.50. The summed E-state index contributed by atoms with van der Waals surface area (Å²) in [6.45, 7) is 1.99. The molecule has 2 rings (SSSR count). The number of carbonyl (C=O) groups excluding carboxylic acids is 1. The van der Waals surface area contributed by atoms with Crippen LogP contribution in [0.25, 0.3) is 0 Å². The summed E-state index contributed by atoms with van der Waals surface area (Å²) in [7, 11) is 0. The van der Waals surface area contributed by atoms with E-state index in [1.54, 1.807) is 18.5 Å². The summed E-state index contributed by atoms with van der Waals surface area (Å²) in [5, 5.41) is 11.6. The largest absolute Gasteiger partial charge is 0.395 e. The number of carbonyl (C=O) groups is 1. The van der Waals surface area contributed by atoms with Crippen LogP contribution in [0.1, 0.15) is 27.9 Å². The fourth-order valence-electron chi connectivity index (χ4n) is 1.74. The van der Waals surface area contributed by atoms with Crippen molar-refractivity contribution in [1.82, 2.24) is 4.98 Å². The summed E-state index contributed by atoms with van der Waals surface area (Å²) in [6.07, 6.45) is 3.48. The maximum atomic E-state index is 12.3. The standard InChI is InChI=1S/C17H16N2O2/c1-13-5-7-15(8-6-13)19-17(21)16-9-10-18-12-14(16)4-2-3-11-20/h5-10,12,20H,3,11H2,1H3,(H,19,21). The summed E-state index contributed by atoms with van der Waals surface area (Å²) in [5.41, 5.74) is 2.88. The minimum absolute atomic E-state index is 0.00183. The second kappa shape index (κ2) is 7.22. The first kappa shape index (κ1) is 14.8. The maximum Gasteiger partial charge on any atom is 0.257 e. The van der Waals surface area contributed by atoms with Crippen molar-refractivity contribution in [3.05, 3.63) is 59.4 Å². The molecular formula is C17H16N2O2. The molecular weight excluding hydrogens is 264 g/mol. The van der Waals surface area contributed by atoms with Crippen LogP contribution in [0.15, 0.2) is 42.7 Å². The first-order chi connectivity index (χ1) is 10.2. The molecule has 106 valence electrons. The second-order valence-electron chi connectivity index (χ2n) is 4.52. The summed E-state index contributed by atoms with van der Waals surface area (Å²) in [5.74, 6) is 5.43. The highest BCUT2D eigenvalue weighted by Crippen LogP contribution is 2.12. The molecule has 1 aromatic carbocycles. The monoisotopic (exact) mass is 280 g/mol. The summed E-state index contributed by atoms with van der Waals surface area (Å²) in [4.78, 5) is 16.3. The van der Waals surface area contributed by atoms with Gasteiger partial charge in [-0.3, -0.25) is 9.78 Å². The Labute approximate surface area is 123 Å². The van der Waals surface area contributed by atoms with Crippen LogP contribution < -0.4 is 5.32 Å². The number of nitrogens with zero attached hydrogens (tertiary/aromatic N) is 1. The molecule has 0 aliphatic heterocycles. The molecule has 0 bridgehead atoms. The van der Waals surface area contributed by atoms with Crippen molar-refractivity contribution >= 4 is 11.6 Å². The normalized spacial score (nSPS) is 9.62. The highest BCUT2D eigenvalue weighted by molar-refractivity contribution is 6.05. The van der Waals surface area contributed by atoms with Gasteiger partial charge in [-0.05, 0) is 25.1 Å². The molecule has 0 spiro atoms. The Morgan fingerprint density at radius 2 is 2.05 bits per heavy atom. The van der Waals surface area contributed by atoms with Gasteiger partial charge in [0.1, 0.15) is 0 Å². The lowest BCUT2D eigenvalue weighted by Gasteiger charge is -2.07. The van der Waals surface area contributed by atoms with Crippen molar-refractivity contribution in [1.29, 1.82) is 0 Å². The molecule has 0 aliphatic rings. The summed E-state index contributed by atoms with van der Waals surface area (Å²) in [6, 6.07) is 9.21. The molecule has 0 radical (unpaired) electrons. The van der Waals surface area contributed by atoms with Crippen molar-refractivity contribution in [3.8, 4) is 11.8 Å². The Balaban J connectivity index is 2.19. The molecule has 0 atom stereocenters. The van der Waals surface area contributed by atoms with E-state index in [2.05, 4.69) is 22.1 Å². The van der Waals surface area contributed by atoms with Gasteiger partial charge in [0, 0.05) is 24.5 Å². The van der Waals surface area contributed by atoms with Gasteiger partial charge in [0.15, 0.2) is 0 Å². The second-order valence-corrected chi connectivity index (χ2v) is 4.52. The van der Waals surface area contributed by atoms with Crippen LogP contribution in [-0.2, 0) is 0 Å². The average molecular weight is 280 g/mol. The molecule has 1 aromatic heterocycles. The van der Waals surface area contributed by atoms with Gasteiger partial charge in [-0.15, -0.1) is 0 Å². The van der Waals surface area contributed by atoms with Crippen LogP contribution in [0.3, 0.4) is 0 Å². The first-order valence-corrected chi connectivity index (χ1v) is 6.62. The van der Waals surface area contributed by atoms with Gasteiger partial charge < -0.3 is 10.4 Å². The third-order valence-corrected chi connectivity index (χ3v) is 2.83. The zero-order valence-corrected chi connectivity index (χ0v) is 11.8. The molecule has 21 heavy (non-hydrogen) atoms. The first-order valence-electron chi connectivity index (χ1n) is 6.62. The number of nitrogens with one attached hydrogen (secondary N) is 1. The lowest BCUT2D eigenvalue weighted by atomic mass is 10.1. The van der Waals surface area contributed by atoms with Gasteiger partial charge in [-0.25, -0.2) is 0 Å². The van der Waals surface area contributed by atoms with E-state index in [0.717, 1.165) is 11.3 Å². The zero-order chi connectivity index (χ0) is 15.1. The number of aryl methyl sites for hydroxylation is 1. The van der Waals surface area contributed by atoms with E-state index >= 15 is 0 Å². The maximum absolute atomic E-state index is 12.3. The van der Waals surface area contributed by atoms with Crippen molar-refractivity contribution in [3.63, 3.8) is 0 Å². The van der Waals surface area contributed by atoms with Crippen LogP contribution >= 0.6 is 0 Å². The van der Waals surface area contributed by atoms with Gasteiger partial charge in [0.05, 0.1) is 17.7 Å². The number of benzene rings is 1. The number of hydrogen-bond acceptors (Lipinski definition) is 3. The summed E-state index contributed by atoms with van der Waals surface area (Å²) < 4.78 is 0. The molecule has 0 aliphatic carbocycles. The van der Waals surface area contributed by atoms with Gasteiger partial charge in [0.2, 0.25) is 0 Å². The van der Waals surface area contributed by atoms with Crippen molar-refractivity contribution in [2.24, 2.45) is 0 Å². The quantitative estimate of drug-likeness (QED) is 0.849. The summed E-state index contributed by atoms with van der Waals surface area (Å²) >= 11 is 0. The highest BCUT2D eigenvalue weighted by Gasteiger charge is 2.10. The molecule has 4 nitrogen and oxygen atoms in total. The highest BCUT2D eigenvalue weighted by atomic mass is 16.2.